The normalized spacial score (nSPS) is 12.8. The second kappa shape index (κ2) is 10.5. The Labute approximate surface area is 146 Å². The number of hydrogen-bond acceptors (Lipinski definition) is 3. The van der Waals surface area contributed by atoms with Crippen molar-refractivity contribution in [1.29, 1.82) is 0 Å². The summed E-state index contributed by atoms with van der Waals surface area (Å²) in [6, 6.07) is 6.64. The molecule has 5 nitrogen and oxygen atoms in total. The Hall–Kier alpha value is -1.40. The van der Waals surface area contributed by atoms with Crippen molar-refractivity contribution in [2.24, 2.45) is 5.92 Å². The van der Waals surface area contributed by atoms with Gasteiger partial charge in [0.1, 0.15) is 0 Å². The van der Waals surface area contributed by atoms with Crippen molar-refractivity contribution in [3.8, 4) is 0 Å². The van der Waals surface area contributed by atoms with E-state index in [1.54, 1.807) is 24.3 Å². The van der Waals surface area contributed by atoms with E-state index in [-0.39, 0.29) is 23.8 Å². The van der Waals surface area contributed by atoms with Gasteiger partial charge in [0.05, 0.1) is 4.90 Å². The van der Waals surface area contributed by atoms with Gasteiger partial charge in [-0.1, -0.05) is 50.8 Å². The highest BCUT2D eigenvalue weighted by Crippen LogP contribution is 2.11. The van der Waals surface area contributed by atoms with Crippen LogP contribution in [-0.2, 0) is 14.8 Å². The molecule has 1 aromatic carbocycles. The van der Waals surface area contributed by atoms with Gasteiger partial charge in [-0.25, -0.2) is 13.1 Å². The topological polar surface area (TPSA) is 75.3 Å². The third kappa shape index (κ3) is 7.45. The Morgan fingerprint density at radius 2 is 1.83 bits per heavy atom. The molecule has 0 aliphatic carbocycles. The minimum atomic E-state index is -3.55. The average molecular weight is 355 g/mol. The van der Waals surface area contributed by atoms with Crippen molar-refractivity contribution in [3.63, 3.8) is 0 Å². The molecular formula is C18H30N2O3S. The summed E-state index contributed by atoms with van der Waals surface area (Å²) in [6.45, 7) is 6.96. The lowest BCUT2D eigenvalue weighted by Gasteiger charge is -2.15. The van der Waals surface area contributed by atoms with Crippen molar-refractivity contribution in [2.75, 3.05) is 13.1 Å². The van der Waals surface area contributed by atoms with Crippen LogP contribution in [0.3, 0.4) is 0 Å². The molecule has 1 atom stereocenters. The minimum absolute atomic E-state index is 0.105. The molecule has 24 heavy (non-hydrogen) atoms. The van der Waals surface area contributed by atoms with E-state index >= 15 is 0 Å². The van der Waals surface area contributed by atoms with Gasteiger partial charge < -0.3 is 5.32 Å². The number of carbonyl (C=O) groups is 1. The van der Waals surface area contributed by atoms with Crippen LogP contribution in [0.5, 0.6) is 0 Å². The van der Waals surface area contributed by atoms with Crippen LogP contribution in [-0.4, -0.2) is 27.4 Å². The number of aryl methyl sites for hydroxylation is 1. The smallest absolute Gasteiger partial charge is 0.240 e. The van der Waals surface area contributed by atoms with Crippen LogP contribution in [0.1, 0.15) is 51.5 Å². The fraction of sp³-hybridized carbons (Fsp3) is 0.611. The maximum absolute atomic E-state index is 12.1. The Kier molecular flexibility index (Phi) is 9.00. The van der Waals surface area contributed by atoms with Gasteiger partial charge in [0.25, 0.3) is 0 Å². The van der Waals surface area contributed by atoms with Gasteiger partial charge in [0.2, 0.25) is 15.9 Å². The third-order valence-corrected chi connectivity index (χ3v) is 5.58. The first-order valence-corrected chi connectivity index (χ1v) is 10.2. The molecule has 0 fully saturated rings. The predicted molar refractivity (Wildman–Crippen MR) is 97.3 cm³/mol. The van der Waals surface area contributed by atoms with E-state index in [1.807, 2.05) is 6.92 Å². The maximum atomic E-state index is 12.1. The zero-order valence-corrected chi connectivity index (χ0v) is 15.8. The molecule has 0 heterocycles. The molecule has 1 aromatic rings. The lowest BCUT2D eigenvalue weighted by molar-refractivity contribution is -0.121. The molecule has 136 valence electrons. The summed E-state index contributed by atoms with van der Waals surface area (Å²) < 4.78 is 26.7. The summed E-state index contributed by atoms with van der Waals surface area (Å²) in [7, 11) is -3.55. The first-order chi connectivity index (χ1) is 11.4. The second-order valence-electron chi connectivity index (χ2n) is 6.18. The summed E-state index contributed by atoms with van der Waals surface area (Å²) in [5, 5.41) is 2.90. The van der Waals surface area contributed by atoms with Crippen molar-refractivity contribution >= 4 is 15.9 Å². The average Bonchev–Trinajstić information content (AvgIpc) is 2.55. The monoisotopic (exact) mass is 354 g/mol. The van der Waals surface area contributed by atoms with Crippen molar-refractivity contribution in [1.82, 2.24) is 10.0 Å². The predicted octanol–water partition coefficient (Wildman–Crippen LogP) is 3.00. The van der Waals surface area contributed by atoms with Gasteiger partial charge in [-0.15, -0.1) is 0 Å². The first-order valence-electron chi connectivity index (χ1n) is 8.72. The molecule has 0 aliphatic rings. The fourth-order valence-corrected chi connectivity index (χ4v) is 3.42. The summed E-state index contributed by atoms with van der Waals surface area (Å²) in [6.07, 6.45) is 4.64. The molecule has 0 saturated heterocycles. The number of carbonyl (C=O) groups excluding carboxylic acids is 1. The summed E-state index contributed by atoms with van der Waals surface area (Å²) >= 11 is 0. The lowest BCUT2D eigenvalue weighted by Crippen LogP contribution is -2.33. The fourth-order valence-electron chi connectivity index (χ4n) is 2.39. The number of nitrogens with one attached hydrogen (secondary N) is 2. The highest BCUT2D eigenvalue weighted by Gasteiger charge is 2.14. The molecule has 2 N–H and O–H groups in total. The molecule has 0 aliphatic heterocycles. The Morgan fingerprint density at radius 1 is 1.17 bits per heavy atom. The van der Waals surface area contributed by atoms with Gasteiger partial charge in [0.15, 0.2) is 0 Å². The van der Waals surface area contributed by atoms with Gasteiger partial charge in [0, 0.05) is 19.5 Å². The van der Waals surface area contributed by atoms with E-state index in [0.717, 1.165) is 24.8 Å². The zero-order chi connectivity index (χ0) is 18.0. The Balaban J connectivity index is 2.35. The third-order valence-electron chi connectivity index (χ3n) is 4.11. The highest BCUT2D eigenvalue weighted by molar-refractivity contribution is 7.89. The molecule has 0 radical (unpaired) electrons. The van der Waals surface area contributed by atoms with Crippen molar-refractivity contribution < 1.29 is 13.2 Å². The molecule has 0 spiro atoms. The van der Waals surface area contributed by atoms with Crippen LogP contribution >= 0.6 is 0 Å². The van der Waals surface area contributed by atoms with Crippen molar-refractivity contribution in [3.05, 3.63) is 29.8 Å². The molecule has 1 amide bonds. The molecule has 0 aromatic heterocycles. The highest BCUT2D eigenvalue weighted by atomic mass is 32.2. The molecule has 1 unspecified atom stereocenters. The lowest BCUT2D eigenvalue weighted by atomic mass is 9.99. The Bertz CT molecular complexity index is 597. The summed E-state index contributed by atoms with van der Waals surface area (Å²) in [5.74, 6) is 0.384. The van der Waals surface area contributed by atoms with Crippen LogP contribution in [0.15, 0.2) is 29.2 Å². The number of sulfonamides is 1. The first kappa shape index (κ1) is 20.6. The Morgan fingerprint density at radius 3 is 2.42 bits per heavy atom. The van der Waals surface area contributed by atoms with Gasteiger partial charge in [-0.05, 0) is 31.4 Å². The maximum Gasteiger partial charge on any atom is 0.240 e. The molecule has 0 saturated carbocycles. The zero-order valence-electron chi connectivity index (χ0n) is 15.0. The van der Waals surface area contributed by atoms with E-state index < -0.39 is 10.0 Å². The largest absolute Gasteiger partial charge is 0.356 e. The molecule has 0 bridgehead atoms. The summed E-state index contributed by atoms with van der Waals surface area (Å²) in [4.78, 5) is 12.1. The van der Waals surface area contributed by atoms with Crippen LogP contribution in [0.2, 0.25) is 0 Å². The number of rotatable bonds is 11. The second-order valence-corrected chi connectivity index (χ2v) is 7.95. The van der Waals surface area contributed by atoms with Crippen LogP contribution in [0.4, 0.5) is 0 Å². The molecule has 1 rings (SSSR count). The SMILES string of the molecule is CCCCC(CC)CNC(=O)CCNS(=O)(=O)c1ccc(C)cc1. The quantitative estimate of drug-likeness (QED) is 0.641. The van der Waals surface area contributed by atoms with E-state index in [9.17, 15) is 13.2 Å². The molecular weight excluding hydrogens is 324 g/mol. The molecule has 6 heteroatoms. The van der Waals surface area contributed by atoms with E-state index in [2.05, 4.69) is 23.9 Å². The number of unbranched alkanes of at least 4 members (excludes halogenated alkanes) is 1. The number of amides is 1. The van der Waals surface area contributed by atoms with Crippen molar-refractivity contribution in [2.45, 2.75) is 57.8 Å². The van der Waals surface area contributed by atoms with Gasteiger partial charge >= 0.3 is 0 Å². The van der Waals surface area contributed by atoms with E-state index in [4.69, 9.17) is 0 Å². The van der Waals surface area contributed by atoms with Crippen LogP contribution in [0.25, 0.3) is 0 Å². The van der Waals surface area contributed by atoms with Crippen LogP contribution in [0, 0.1) is 12.8 Å². The van der Waals surface area contributed by atoms with Gasteiger partial charge in [-0.3, -0.25) is 4.79 Å². The standard InChI is InChI=1S/C18H30N2O3S/c1-4-6-7-16(5-2)14-19-18(21)12-13-20-24(22,23)17-10-8-15(3)9-11-17/h8-11,16,20H,4-7,12-14H2,1-3H3,(H,19,21). The number of benzene rings is 1. The number of hydrogen-bond donors (Lipinski definition) is 2. The van der Waals surface area contributed by atoms with Crippen LogP contribution < -0.4 is 10.0 Å². The van der Waals surface area contributed by atoms with E-state index in [1.165, 1.54) is 6.42 Å². The van der Waals surface area contributed by atoms with Gasteiger partial charge in [-0.2, -0.15) is 0 Å². The minimum Gasteiger partial charge on any atom is -0.356 e. The van der Waals surface area contributed by atoms with E-state index in [0.29, 0.717) is 12.5 Å². The summed E-state index contributed by atoms with van der Waals surface area (Å²) in [5.41, 5.74) is 1.00.